The van der Waals surface area contributed by atoms with Gasteiger partial charge >= 0.3 is 0 Å². The normalized spacial score (nSPS) is 10.5. The first-order valence-electron chi connectivity index (χ1n) is 8.66. The van der Waals surface area contributed by atoms with E-state index < -0.39 is 0 Å². The number of benzene rings is 2. The summed E-state index contributed by atoms with van der Waals surface area (Å²) in [6, 6.07) is 17.6. The maximum atomic E-state index is 11.0. The van der Waals surface area contributed by atoms with Gasteiger partial charge in [-0.25, -0.2) is 0 Å². The van der Waals surface area contributed by atoms with E-state index in [0.29, 0.717) is 13.2 Å². The number of hydrogen-bond acceptors (Lipinski definition) is 3. The van der Waals surface area contributed by atoms with Crippen molar-refractivity contribution in [1.29, 1.82) is 0 Å². The number of nitrogens with one attached hydrogen (secondary N) is 3. The number of carbonyl (C=O) groups excluding carboxylic acids is 1. The van der Waals surface area contributed by atoms with Crippen molar-refractivity contribution >= 4 is 41.5 Å². The van der Waals surface area contributed by atoms with Gasteiger partial charge in [0.05, 0.1) is 6.54 Å². The first kappa shape index (κ1) is 22.8. The van der Waals surface area contributed by atoms with Crippen LogP contribution >= 0.6 is 24.0 Å². The van der Waals surface area contributed by atoms with Gasteiger partial charge in [0.2, 0.25) is 5.91 Å². The lowest BCUT2D eigenvalue weighted by atomic mass is 10.1. The summed E-state index contributed by atoms with van der Waals surface area (Å²) >= 11 is 0. The van der Waals surface area contributed by atoms with Crippen molar-refractivity contribution in [2.75, 3.05) is 32.1 Å². The highest BCUT2D eigenvalue weighted by molar-refractivity contribution is 14.0. The highest BCUT2D eigenvalue weighted by atomic mass is 127. The Morgan fingerprint density at radius 3 is 2.30 bits per heavy atom. The smallest absolute Gasteiger partial charge is 0.221 e. The molecule has 0 spiro atoms. The Bertz CT molecular complexity index is 706. The minimum Gasteiger partial charge on any atom is -0.492 e. The van der Waals surface area contributed by atoms with Gasteiger partial charge in [-0.1, -0.05) is 30.3 Å². The highest BCUT2D eigenvalue weighted by Crippen LogP contribution is 2.09. The van der Waals surface area contributed by atoms with Gasteiger partial charge in [-0.15, -0.1) is 24.0 Å². The van der Waals surface area contributed by atoms with Crippen molar-refractivity contribution in [2.45, 2.75) is 13.3 Å². The van der Waals surface area contributed by atoms with E-state index in [1.54, 1.807) is 7.05 Å². The van der Waals surface area contributed by atoms with Gasteiger partial charge in [0, 0.05) is 26.2 Å². The number of nitrogens with zero attached hydrogens (tertiary/aromatic N) is 1. The fraction of sp³-hybridized carbons (Fsp3) is 0.300. The van der Waals surface area contributed by atoms with Crippen LogP contribution in [-0.2, 0) is 11.2 Å². The average molecular weight is 482 g/mol. The number of anilines is 1. The number of amides is 1. The largest absolute Gasteiger partial charge is 0.492 e. The fourth-order valence-electron chi connectivity index (χ4n) is 2.36. The first-order chi connectivity index (χ1) is 12.7. The molecule has 1 amide bonds. The Kier molecular flexibility index (Phi) is 10.9. The number of aliphatic imine (C=N–C) groups is 1. The summed E-state index contributed by atoms with van der Waals surface area (Å²) in [5.41, 5.74) is 2.00. The van der Waals surface area contributed by atoms with Crippen LogP contribution in [0.3, 0.4) is 0 Å². The number of carbonyl (C=O) groups is 1. The number of hydrogen-bond donors (Lipinski definition) is 3. The highest BCUT2D eigenvalue weighted by Gasteiger charge is 2.00. The third-order valence-electron chi connectivity index (χ3n) is 3.61. The SMILES string of the molecule is CN=C(NCCOc1ccccc1)NCCc1ccc(NC(C)=O)cc1.I. The lowest BCUT2D eigenvalue weighted by molar-refractivity contribution is -0.114. The Morgan fingerprint density at radius 2 is 1.67 bits per heavy atom. The van der Waals surface area contributed by atoms with Gasteiger partial charge in [0.25, 0.3) is 0 Å². The maximum absolute atomic E-state index is 11.0. The molecule has 0 fully saturated rings. The summed E-state index contributed by atoms with van der Waals surface area (Å²) in [6.07, 6.45) is 0.863. The van der Waals surface area contributed by atoms with E-state index in [4.69, 9.17) is 4.74 Å². The quantitative estimate of drug-likeness (QED) is 0.234. The van der Waals surface area contributed by atoms with E-state index in [1.165, 1.54) is 12.5 Å². The molecule has 0 aliphatic rings. The van der Waals surface area contributed by atoms with E-state index in [1.807, 2.05) is 54.6 Å². The van der Waals surface area contributed by atoms with Crippen molar-refractivity contribution in [3.05, 3.63) is 60.2 Å². The topological polar surface area (TPSA) is 74.8 Å². The molecule has 2 aromatic carbocycles. The standard InChI is InChI=1S/C20H26N4O2.HI/c1-16(25)24-18-10-8-17(9-11-18)12-13-22-20(21-2)23-14-15-26-19-6-4-3-5-7-19;/h3-11H,12-15H2,1-2H3,(H,24,25)(H2,21,22,23);1H. The number of ether oxygens (including phenoxy) is 1. The molecule has 0 aliphatic carbocycles. The molecule has 0 unspecified atom stereocenters. The Balaban J connectivity index is 0.00000364. The second-order valence-corrected chi connectivity index (χ2v) is 5.72. The van der Waals surface area contributed by atoms with Crippen LogP contribution in [0.1, 0.15) is 12.5 Å². The lowest BCUT2D eigenvalue weighted by Crippen LogP contribution is -2.40. The number of rotatable bonds is 8. The molecule has 0 saturated heterocycles. The number of para-hydroxylation sites is 1. The third kappa shape index (κ3) is 9.28. The molecular formula is C20H27IN4O2. The van der Waals surface area contributed by atoms with E-state index in [0.717, 1.165) is 30.4 Å². The van der Waals surface area contributed by atoms with E-state index in [2.05, 4.69) is 20.9 Å². The summed E-state index contributed by atoms with van der Waals surface area (Å²) in [5.74, 6) is 1.54. The Labute approximate surface area is 177 Å². The first-order valence-corrected chi connectivity index (χ1v) is 8.66. The van der Waals surface area contributed by atoms with Gasteiger partial charge in [-0.05, 0) is 36.2 Å². The summed E-state index contributed by atoms with van der Waals surface area (Å²) in [7, 11) is 1.75. The number of halogens is 1. The van der Waals surface area contributed by atoms with Crippen LogP contribution in [0.5, 0.6) is 5.75 Å². The molecule has 0 atom stereocenters. The minimum absolute atomic E-state index is 0. The summed E-state index contributed by atoms with van der Waals surface area (Å²) in [5, 5.41) is 9.26. The molecule has 27 heavy (non-hydrogen) atoms. The molecule has 0 saturated carbocycles. The summed E-state index contributed by atoms with van der Waals surface area (Å²) in [6.45, 7) is 3.50. The maximum Gasteiger partial charge on any atom is 0.221 e. The van der Waals surface area contributed by atoms with Crippen molar-refractivity contribution < 1.29 is 9.53 Å². The van der Waals surface area contributed by atoms with Crippen LogP contribution in [0.2, 0.25) is 0 Å². The third-order valence-corrected chi connectivity index (χ3v) is 3.61. The zero-order chi connectivity index (χ0) is 18.6. The van der Waals surface area contributed by atoms with E-state index in [-0.39, 0.29) is 29.9 Å². The van der Waals surface area contributed by atoms with Gasteiger partial charge < -0.3 is 20.7 Å². The van der Waals surface area contributed by atoms with Gasteiger partial charge in [-0.3, -0.25) is 9.79 Å². The second kappa shape index (κ2) is 13.0. The Morgan fingerprint density at radius 1 is 1.00 bits per heavy atom. The molecule has 2 rings (SSSR count). The Hall–Kier alpha value is -2.29. The predicted octanol–water partition coefficient (Wildman–Crippen LogP) is 3.05. The molecule has 0 aliphatic heterocycles. The second-order valence-electron chi connectivity index (χ2n) is 5.72. The van der Waals surface area contributed by atoms with Crippen molar-refractivity contribution in [1.82, 2.24) is 10.6 Å². The summed E-state index contributed by atoms with van der Waals surface area (Å²) in [4.78, 5) is 15.2. The average Bonchev–Trinajstić information content (AvgIpc) is 2.65. The van der Waals surface area contributed by atoms with Crippen molar-refractivity contribution in [2.24, 2.45) is 4.99 Å². The molecule has 6 nitrogen and oxygen atoms in total. The van der Waals surface area contributed by atoms with Crippen LogP contribution in [0.4, 0.5) is 5.69 Å². The summed E-state index contributed by atoms with van der Waals surface area (Å²) < 4.78 is 5.64. The van der Waals surface area contributed by atoms with Crippen LogP contribution in [0.25, 0.3) is 0 Å². The molecule has 0 bridgehead atoms. The molecule has 0 radical (unpaired) electrons. The molecule has 2 aromatic rings. The predicted molar refractivity (Wildman–Crippen MR) is 121 cm³/mol. The van der Waals surface area contributed by atoms with Crippen LogP contribution in [0.15, 0.2) is 59.6 Å². The zero-order valence-corrected chi connectivity index (χ0v) is 18.0. The molecule has 146 valence electrons. The van der Waals surface area contributed by atoms with Gasteiger partial charge in [0.15, 0.2) is 5.96 Å². The van der Waals surface area contributed by atoms with Crippen LogP contribution in [0, 0.1) is 0 Å². The van der Waals surface area contributed by atoms with Gasteiger partial charge in [-0.2, -0.15) is 0 Å². The lowest BCUT2D eigenvalue weighted by Gasteiger charge is -2.12. The monoisotopic (exact) mass is 482 g/mol. The van der Waals surface area contributed by atoms with E-state index in [9.17, 15) is 4.79 Å². The molecule has 3 N–H and O–H groups in total. The van der Waals surface area contributed by atoms with E-state index >= 15 is 0 Å². The van der Waals surface area contributed by atoms with Crippen molar-refractivity contribution in [3.63, 3.8) is 0 Å². The molecular weight excluding hydrogens is 455 g/mol. The van der Waals surface area contributed by atoms with Crippen LogP contribution in [-0.4, -0.2) is 38.6 Å². The van der Waals surface area contributed by atoms with Crippen LogP contribution < -0.4 is 20.7 Å². The molecule has 0 heterocycles. The molecule has 7 heteroatoms. The minimum atomic E-state index is -0.0643. The number of guanidine groups is 1. The van der Waals surface area contributed by atoms with Gasteiger partial charge in [0.1, 0.15) is 12.4 Å². The molecule has 0 aromatic heterocycles. The van der Waals surface area contributed by atoms with Crippen molar-refractivity contribution in [3.8, 4) is 5.75 Å². The fourth-order valence-corrected chi connectivity index (χ4v) is 2.36. The zero-order valence-electron chi connectivity index (χ0n) is 15.7.